The van der Waals surface area contributed by atoms with Crippen LogP contribution in [0.25, 0.3) is 0 Å². The molecule has 1 aromatic rings. The molecule has 3 heteroatoms. The Hall–Kier alpha value is -1.90. The number of allylic oxidation sites excluding steroid dienone is 2. The first-order chi connectivity index (χ1) is 11.2. The third kappa shape index (κ3) is 2.97. The number of aldehydes is 1. The van der Waals surface area contributed by atoms with Gasteiger partial charge in [0.1, 0.15) is 12.1 Å². The zero-order valence-electron chi connectivity index (χ0n) is 13.7. The number of Topliss-reactive ketones (excluding diaryl/α,β-unsaturated/α-hetero) is 1. The molecule has 0 heterocycles. The number of ether oxygens (including phenoxy) is 1. The van der Waals surface area contributed by atoms with Crippen LogP contribution in [-0.2, 0) is 20.7 Å². The maximum Gasteiger partial charge on any atom is 0.150 e. The van der Waals surface area contributed by atoms with Crippen molar-refractivity contribution in [3.63, 3.8) is 0 Å². The predicted molar refractivity (Wildman–Crippen MR) is 88.8 cm³/mol. The Balaban J connectivity index is 1.94. The van der Waals surface area contributed by atoms with Gasteiger partial charge in [0.2, 0.25) is 0 Å². The van der Waals surface area contributed by atoms with Crippen LogP contribution in [0.15, 0.2) is 42.2 Å². The van der Waals surface area contributed by atoms with Gasteiger partial charge in [-0.25, -0.2) is 0 Å². The second-order valence-corrected chi connectivity index (χ2v) is 6.71. The van der Waals surface area contributed by atoms with Crippen molar-refractivity contribution < 1.29 is 14.3 Å². The molecule has 0 aromatic heterocycles. The summed E-state index contributed by atoms with van der Waals surface area (Å²) in [6, 6.07) is 10.2. The fraction of sp³-hybridized carbons (Fsp3) is 0.500. The van der Waals surface area contributed by atoms with Gasteiger partial charge in [-0.1, -0.05) is 30.3 Å². The van der Waals surface area contributed by atoms with Crippen molar-refractivity contribution in [3.8, 4) is 0 Å². The number of carbonyl (C=O) groups excluding carboxylic acids is 2. The second kappa shape index (κ2) is 6.69. The smallest absolute Gasteiger partial charge is 0.150 e. The van der Waals surface area contributed by atoms with Crippen LogP contribution in [0.4, 0.5) is 0 Å². The molecule has 3 nitrogen and oxygen atoms in total. The van der Waals surface area contributed by atoms with Gasteiger partial charge >= 0.3 is 0 Å². The maximum atomic E-state index is 13.1. The Labute approximate surface area is 137 Å². The highest BCUT2D eigenvalue weighted by Crippen LogP contribution is 2.51. The molecule has 0 saturated heterocycles. The lowest BCUT2D eigenvalue weighted by Crippen LogP contribution is -2.49. The van der Waals surface area contributed by atoms with Gasteiger partial charge < -0.3 is 9.53 Å². The SMILES string of the molecule is CCOC1=CCC2(Cc3ccccc3)C(=O)C(C=O)CCC2C1. The third-order valence-electron chi connectivity index (χ3n) is 5.43. The molecule has 1 fully saturated rings. The van der Waals surface area contributed by atoms with Crippen molar-refractivity contribution >= 4 is 12.1 Å². The van der Waals surface area contributed by atoms with Crippen molar-refractivity contribution in [2.45, 2.75) is 39.0 Å². The maximum absolute atomic E-state index is 13.1. The van der Waals surface area contributed by atoms with E-state index < -0.39 is 11.3 Å². The molecule has 0 aliphatic heterocycles. The monoisotopic (exact) mass is 312 g/mol. The van der Waals surface area contributed by atoms with Crippen LogP contribution >= 0.6 is 0 Å². The van der Waals surface area contributed by atoms with Crippen LogP contribution < -0.4 is 0 Å². The normalized spacial score (nSPS) is 30.3. The molecule has 0 N–H and O–H groups in total. The molecule has 122 valence electrons. The molecule has 1 aromatic carbocycles. The third-order valence-corrected chi connectivity index (χ3v) is 5.43. The van der Waals surface area contributed by atoms with Gasteiger partial charge in [0.25, 0.3) is 0 Å². The summed E-state index contributed by atoms with van der Waals surface area (Å²) in [4.78, 5) is 24.4. The van der Waals surface area contributed by atoms with E-state index in [1.807, 2.05) is 25.1 Å². The Kier molecular flexibility index (Phi) is 4.65. The average Bonchev–Trinajstić information content (AvgIpc) is 2.58. The van der Waals surface area contributed by atoms with Gasteiger partial charge in [-0.2, -0.15) is 0 Å². The van der Waals surface area contributed by atoms with Crippen LogP contribution in [0, 0.1) is 17.3 Å². The summed E-state index contributed by atoms with van der Waals surface area (Å²) >= 11 is 0. The van der Waals surface area contributed by atoms with Crippen LogP contribution in [0.2, 0.25) is 0 Å². The summed E-state index contributed by atoms with van der Waals surface area (Å²) in [6.07, 6.45) is 6.76. The zero-order valence-corrected chi connectivity index (χ0v) is 13.7. The van der Waals surface area contributed by atoms with Crippen LogP contribution in [-0.4, -0.2) is 18.7 Å². The van der Waals surface area contributed by atoms with Gasteiger partial charge in [0, 0.05) is 11.8 Å². The van der Waals surface area contributed by atoms with E-state index in [1.54, 1.807) is 0 Å². The summed E-state index contributed by atoms with van der Waals surface area (Å²) < 4.78 is 5.70. The van der Waals surface area contributed by atoms with Crippen LogP contribution in [0.1, 0.15) is 38.2 Å². The molecule has 0 radical (unpaired) electrons. The first kappa shape index (κ1) is 16.0. The number of benzene rings is 1. The van der Waals surface area contributed by atoms with E-state index in [9.17, 15) is 9.59 Å². The largest absolute Gasteiger partial charge is 0.499 e. The van der Waals surface area contributed by atoms with Gasteiger partial charge in [-0.3, -0.25) is 4.79 Å². The van der Waals surface area contributed by atoms with Gasteiger partial charge in [0.05, 0.1) is 18.3 Å². The minimum Gasteiger partial charge on any atom is -0.499 e. The molecule has 23 heavy (non-hydrogen) atoms. The molecular formula is C20H24O3. The van der Waals surface area contributed by atoms with E-state index in [1.165, 1.54) is 5.56 Å². The van der Waals surface area contributed by atoms with Crippen molar-refractivity contribution in [2.24, 2.45) is 17.3 Å². The topological polar surface area (TPSA) is 43.4 Å². The number of hydrogen-bond donors (Lipinski definition) is 0. The number of carbonyl (C=O) groups is 2. The number of fused-ring (bicyclic) bond motifs is 1. The summed E-state index contributed by atoms with van der Waals surface area (Å²) in [7, 11) is 0. The fourth-order valence-corrected chi connectivity index (χ4v) is 4.24. The minimum absolute atomic E-state index is 0.138. The first-order valence-electron chi connectivity index (χ1n) is 8.55. The second-order valence-electron chi connectivity index (χ2n) is 6.71. The number of ketones is 1. The lowest BCUT2D eigenvalue weighted by Gasteiger charge is -2.47. The van der Waals surface area contributed by atoms with E-state index in [2.05, 4.69) is 18.2 Å². The van der Waals surface area contributed by atoms with E-state index in [0.29, 0.717) is 19.4 Å². The van der Waals surface area contributed by atoms with E-state index >= 15 is 0 Å². The van der Waals surface area contributed by atoms with E-state index in [0.717, 1.165) is 31.3 Å². The molecule has 3 atom stereocenters. The minimum atomic E-state index is -0.439. The Morgan fingerprint density at radius 3 is 2.74 bits per heavy atom. The number of hydrogen-bond acceptors (Lipinski definition) is 3. The molecule has 3 rings (SSSR count). The van der Waals surface area contributed by atoms with Crippen LogP contribution in [0.3, 0.4) is 0 Å². The standard InChI is InChI=1S/C20H24O3/c1-2-23-18-10-11-20(13-15-6-4-3-5-7-15)17(12-18)9-8-16(14-21)19(20)22/h3-7,10,14,16-17H,2,8-9,11-13H2,1H3. The lowest BCUT2D eigenvalue weighted by molar-refractivity contribution is -0.143. The lowest BCUT2D eigenvalue weighted by atomic mass is 9.55. The molecule has 1 saturated carbocycles. The molecule has 0 amide bonds. The molecule has 0 spiro atoms. The van der Waals surface area contributed by atoms with Crippen molar-refractivity contribution in [1.29, 1.82) is 0 Å². The van der Waals surface area contributed by atoms with E-state index in [-0.39, 0.29) is 11.7 Å². The van der Waals surface area contributed by atoms with Gasteiger partial charge in [0.15, 0.2) is 0 Å². The Bertz CT molecular complexity index is 605. The van der Waals surface area contributed by atoms with Crippen molar-refractivity contribution in [2.75, 3.05) is 6.61 Å². The highest BCUT2D eigenvalue weighted by molar-refractivity contribution is 5.98. The van der Waals surface area contributed by atoms with Gasteiger partial charge in [-0.05, 0) is 50.2 Å². The summed E-state index contributed by atoms with van der Waals surface area (Å²) in [6.45, 7) is 2.65. The molecule has 0 bridgehead atoms. The van der Waals surface area contributed by atoms with Crippen molar-refractivity contribution in [1.82, 2.24) is 0 Å². The molecule has 2 aliphatic carbocycles. The fourth-order valence-electron chi connectivity index (χ4n) is 4.24. The number of rotatable bonds is 5. The summed E-state index contributed by atoms with van der Waals surface area (Å²) in [5, 5.41) is 0. The Morgan fingerprint density at radius 2 is 2.04 bits per heavy atom. The average molecular weight is 312 g/mol. The molecule has 3 unspecified atom stereocenters. The Morgan fingerprint density at radius 1 is 1.26 bits per heavy atom. The summed E-state index contributed by atoms with van der Waals surface area (Å²) in [5.41, 5.74) is 0.733. The van der Waals surface area contributed by atoms with Crippen LogP contribution in [0.5, 0.6) is 0 Å². The van der Waals surface area contributed by atoms with E-state index in [4.69, 9.17) is 4.74 Å². The highest BCUT2D eigenvalue weighted by Gasteiger charge is 2.51. The zero-order chi connectivity index (χ0) is 16.3. The highest BCUT2D eigenvalue weighted by atomic mass is 16.5. The van der Waals surface area contributed by atoms with Crippen molar-refractivity contribution in [3.05, 3.63) is 47.7 Å². The first-order valence-corrected chi connectivity index (χ1v) is 8.55. The summed E-state index contributed by atoms with van der Waals surface area (Å²) in [5.74, 6) is 0.993. The predicted octanol–water partition coefficient (Wildman–Crippen LogP) is 3.72. The quantitative estimate of drug-likeness (QED) is 0.615. The molecular weight excluding hydrogens is 288 g/mol. The van der Waals surface area contributed by atoms with Gasteiger partial charge in [-0.15, -0.1) is 0 Å². The molecule has 2 aliphatic rings.